The van der Waals surface area contributed by atoms with Gasteiger partial charge in [-0.15, -0.1) is 0 Å². The zero-order valence-corrected chi connectivity index (χ0v) is 8.89. The van der Waals surface area contributed by atoms with Crippen molar-refractivity contribution >= 4 is 12.6 Å². The van der Waals surface area contributed by atoms with E-state index in [1.807, 2.05) is 0 Å². The van der Waals surface area contributed by atoms with Crippen molar-refractivity contribution < 1.29 is 5.11 Å². The average molecular weight is 198 g/mol. The van der Waals surface area contributed by atoms with Crippen molar-refractivity contribution in [1.29, 1.82) is 0 Å². The third kappa shape index (κ3) is 1.18. The van der Waals surface area contributed by atoms with E-state index in [9.17, 15) is 5.11 Å². The predicted molar refractivity (Wildman–Crippen MR) is 55.9 cm³/mol. The molecule has 1 N–H and O–H groups in total. The summed E-state index contributed by atoms with van der Waals surface area (Å²) >= 11 is 4.49. The monoisotopic (exact) mass is 198 g/mol. The van der Waals surface area contributed by atoms with Crippen LogP contribution in [0.2, 0.25) is 0 Å². The van der Waals surface area contributed by atoms with Gasteiger partial charge >= 0.3 is 0 Å². The predicted octanol–water partition coefficient (Wildman–Crippen LogP) is 2.25. The molecule has 0 heterocycles. The van der Waals surface area contributed by atoms with E-state index < -0.39 is 0 Å². The van der Waals surface area contributed by atoms with Crippen LogP contribution in [0.25, 0.3) is 0 Å². The lowest BCUT2D eigenvalue weighted by Crippen LogP contribution is -2.56. The van der Waals surface area contributed by atoms with Crippen LogP contribution in [0.4, 0.5) is 0 Å². The van der Waals surface area contributed by atoms with Gasteiger partial charge in [0.25, 0.3) is 0 Å². The van der Waals surface area contributed by atoms with Gasteiger partial charge in [0.15, 0.2) is 0 Å². The molecule has 0 aromatic rings. The molecule has 4 saturated carbocycles. The maximum absolute atomic E-state index is 10.4. The highest BCUT2D eigenvalue weighted by Gasteiger charge is 2.56. The Balaban J connectivity index is 1.95. The van der Waals surface area contributed by atoms with Crippen molar-refractivity contribution in [3.63, 3.8) is 0 Å². The second-order valence-electron chi connectivity index (χ2n) is 5.84. The molecule has 0 aromatic carbocycles. The van der Waals surface area contributed by atoms with Gasteiger partial charge < -0.3 is 5.11 Å². The molecule has 1 nitrogen and oxygen atoms in total. The SMILES string of the molecule is OC12CC3CC(C1)CC(CS)(C3)C2. The van der Waals surface area contributed by atoms with E-state index in [1.54, 1.807) is 0 Å². The first kappa shape index (κ1) is 8.60. The van der Waals surface area contributed by atoms with Gasteiger partial charge in [0.1, 0.15) is 0 Å². The summed E-state index contributed by atoms with van der Waals surface area (Å²) in [6.45, 7) is 0. The van der Waals surface area contributed by atoms with E-state index in [-0.39, 0.29) is 5.60 Å². The third-order valence-corrected chi connectivity index (χ3v) is 5.16. The topological polar surface area (TPSA) is 20.2 Å². The Kier molecular flexibility index (Phi) is 1.63. The fraction of sp³-hybridized carbons (Fsp3) is 1.00. The van der Waals surface area contributed by atoms with Gasteiger partial charge in [-0.1, -0.05) is 0 Å². The van der Waals surface area contributed by atoms with Crippen LogP contribution in [0, 0.1) is 17.3 Å². The molecule has 2 atom stereocenters. The molecule has 4 aliphatic carbocycles. The van der Waals surface area contributed by atoms with Gasteiger partial charge in [0, 0.05) is 0 Å². The minimum Gasteiger partial charge on any atom is -0.390 e. The van der Waals surface area contributed by atoms with E-state index in [1.165, 1.54) is 19.3 Å². The Labute approximate surface area is 85.3 Å². The van der Waals surface area contributed by atoms with Crippen molar-refractivity contribution in [2.24, 2.45) is 17.3 Å². The second-order valence-corrected chi connectivity index (χ2v) is 6.16. The molecule has 4 fully saturated rings. The van der Waals surface area contributed by atoms with E-state index in [0.29, 0.717) is 5.41 Å². The molecule has 4 rings (SSSR count). The van der Waals surface area contributed by atoms with E-state index in [4.69, 9.17) is 0 Å². The van der Waals surface area contributed by atoms with E-state index in [2.05, 4.69) is 12.6 Å². The van der Waals surface area contributed by atoms with Crippen molar-refractivity contribution in [3.05, 3.63) is 0 Å². The standard InChI is InChI=1S/C11H18OS/c12-11-4-8-1-9(5-11)3-10(2-8,6-11)7-13/h8-9,12-13H,1-7H2. The molecule has 2 heteroatoms. The van der Waals surface area contributed by atoms with Gasteiger partial charge in [-0.05, 0) is 61.5 Å². The van der Waals surface area contributed by atoms with Crippen molar-refractivity contribution in [2.45, 2.75) is 44.1 Å². The summed E-state index contributed by atoms with van der Waals surface area (Å²) in [5.74, 6) is 2.62. The summed E-state index contributed by atoms with van der Waals surface area (Å²) in [7, 11) is 0. The smallest absolute Gasteiger partial charge is 0.0658 e. The van der Waals surface area contributed by atoms with Crippen LogP contribution in [0.15, 0.2) is 0 Å². The molecule has 0 aliphatic heterocycles. The molecule has 0 spiro atoms. The molecule has 0 aromatic heterocycles. The number of aliphatic hydroxyl groups is 1. The van der Waals surface area contributed by atoms with Crippen molar-refractivity contribution in [3.8, 4) is 0 Å². The highest BCUT2D eigenvalue weighted by Crippen LogP contribution is 2.61. The Morgan fingerprint density at radius 1 is 1.15 bits per heavy atom. The average Bonchev–Trinajstić information content (AvgIpc) is 1.99. The Morgan fingerprint density at radius 3 is 2.23 bits per heavy atom. The van der Waals surface area contributed by atoms with E-state index >= 15 is 0 Å². The summed E-state index contributed by atoms with van der Waals surface area (Å²) in [4.78, 5) is 0. The molecule has 13 heavy (non-hydrogen) atoms. The fourth-order valence-corrected chi connectivity index (χ4v) is 4.96. The number of rotatable bonds is 1. The molecular weight excluding hydrogens is 180 g/mol. The van der Waals surface area contributed by atoms with Crippen LogP contribution in [0.1, 0.15) is 38.5 Å². The van der Waals surface area contributed by atoms with E-state index in [0.717, 1.165) is 36.9 Å². The summed E-state index contributed by atoms with van der Waals surface area (Å²) in [6, 6.07) is 0. The molecule has 0 radical (unpaired) electrons. The van der Waals surface area contributed by atoms with Crippen molar-refractivity contribution in [1.82, 2.24) is 0 Å². The lowest BCUT2D eigenvalue weighted by molar-refractivity contribution is -0.155. The van der Waals surface area contributed by atoms with Gasteiger partial charge in [-0.3, -0.25) is 0 Å². The molecule has 0 saturated heterocycles. The first-order chi connectivity index (χ1) is 6.13. The maximum Gasteiger partial charge on any atom is 0.0658 e. The van der Waals surface area contributed by atoms with Crippen LogP contribution < -0.4 is 0 Å². The minimum atomic E-state index is -0.285. The summed E-state index contributed by atoms with van der Waals surface area (Å²) < 4.78 is 0. The normalized spacial score (nSPS) is 58.6. The quantitative estimate of drug-likeness (QED) is 0.619. The Morgan fingerprint density at radius 2 is 1.77 bits per heavy atom. The Bertz CT molecular complexity index is 224. The molecule has 4 bridgehead atoms. The highest BCUT2D eigenvalue weighted by atomic mass is 32.1. The first-order valence-corrected chi connectivity index (χ1v) is 6.10. The van der Waals surface area contributed by atoms with Crippen LogP contribution in [-0.2, 0) is 0 Å². The minimum absolute atomic E-state index is 0.285. The fourth-order valence-electron chi connectivity index (χ4n) is 4.59. The first-order valence-electron chi connectivity index (χ1n) is 5.46. The van der Waals surface area contributed by atoms with Crippen molar-refractivity contribution in [2.75, 3.05) is 5.75 Å². The van der Waals surface area contributed by atoms with Gasteiger partial charge in [-0.2, -0.15) is 12.6 Å². The van der Waals surface area contributed by atoms with Gasteiger partial charge in [0.2, 0.25) is 0 Å². The maximum atomic E-state index is 10.4. The number of thiol groups is 1. The van der Waals surface area contributed by atoms with Crippen LogP contribution >= 0.6 is 12.6 Å². The molecular formula is C11H18OS. The van der Waals surface area contributed by atoms with Crippen LogP contribution in [0.5, 0.6) is 0 Å². The summed E-state index contributed by atoms with van der Waals surface area (Å²) in [5.41, 5.74) is 0.134. The van der Waals surface area contributed by atoms with Crippen LogP contribution in [-0.4, -0.2) is 16.5 Å². The molecule has 4 aliphatic rings. The highest BCUT2D eigenvalue weighted by molar-refractivity contribution is 7.80. The lowest BCUT2D eigenvalue weighted by Gasteiger charge is -2.60. The third-order valence-electron chi connectivity index (χ3n) is 4.49. The largest absolute Gasteiger partial charge is 0.390 e. The lowest BCUT2D eigenvalue weighted by atomic mass is 9.48. The molecule has 74 valence electrons. The zero-order valence-electron chi connectivity index (χ0n) is 8.00. The molecule has 0 amide bonds. The number of hydrogen-bond donors (Lipinski definition) is 2. The van der Waals surface area contributed by atoms with Gasteiger partial charge in [-0.25, -0.2) is 0 Å². The summed E-state index contributed by atoms with van der Waals surface area (Å²) in [6.07, 6.45) is 7.27. The molecule has 2 unspecified atom stereocenters. The second kappa shape index (κ2) is 2.46. The van der Waals surface area contributed by atoms with Gasteiger partial charge in [0.05, 0.1) is 5.60 Å². The summed E-state index contributed by atoms with van der Waals surface area (Å²) in [5, 5.41) is 10.4. The van der Waals surface area contributed by atoms with Crippen LogP contribution in [0.3, 0.4) is 0 Å². The zero-order chi connectivity index (χ0) is 9.10. The Hall–Kier alpha value is 0.310. The number of hydrogen-bond acceptors (Lipinski definition) is 2.